The molecule has 14 heteroatoms. The van der Waals surface area contributed by atoms with Crippen molar-refractivity contribution < 1.29 is 14.5 Å². The van der Waals surface area contributed by atoms with Gasteiger partial charge in [-0.1, -0.05) is 0 Å². The molecule has 0 aliphatic heterocycles. The van der Waals surface area contributed by atoms with E-state index in [9.17, 15) is 20.2 Å². The van der Waals surface area contributed by atoms with Gasteiger partial charge in [0.2, 0.25) is 5.82 Å². The first kappa shape index (κ1) is 14.5. The van der Waals surface area contributed by atoms with Crippen molar-refractivity contribution in [1.82, 2.24) is 20.1 Å². The molecular weight excluding hydrogens is 276 g/mol. The minimum atomic E-state index is -0.953. The van der Waals surface area contributed by atoms with E-state index in [1.54, 1.807) is 11.7 Å². The highest BCUT2D eigenvalue weighted by atomic mass is 16.6. The third-order valence-corrected chi connectivity index (χ3v) is 1.67. The number of hydrogen-bond acceptors (Lipinski definition) is 7. The molecule has 0 saturated carbocycles. The Balaban J connectivity index is 0.000000204. The number of aromatic amines is 1. The minimum absolute atomic E-state index is 0.278. The Morgan fingerprint density at radius 3 is 2.55 bits per heavy atom. The average molecular weight is 282 g/mol. The number of H-pyrrole nitrogens is 1. The lowest BCUT2D eigenvalue weighted by Gasteiger charge is -2.00. The van der Waals surface area contributed by atoms with Crippen LogP contribution in [0, 0.1) is 20.2 Å². The molecular formula is C6H6N10O4. The van der Waals surface area contributed by atoms with Gasteiger partial charge in [0.1, 0.15) is 13.4 Å². The molecule has 1 N–H and O–H groups in total. The van der Waals surface area contributed by atoms with Crippen LogP contribution in [0.15, 0.2) is 17.8 Å². The fourth-order valence-corrected chi connectivity index (χ4v) is 0.959. The largest absolute Gasteiger partial charge is 0.459 e. The smallest absolute Gasteiger partial charge is 0.339 e. The summed E-state index contributed by atoms with van der Waals surface area (Å²) in [5.41, 5.74) is 7.92. The highest BCUT2D eigenvalue weighted by Gasteiger charge is 2.12. The van der Waals surface area contributed by atoms with E-state index >= 15 is 0 Å². The van der Waals surface area contributed by atoms with Gasteiger partial charge in [0.25, 0.3) is 0 Å². The van der Waals surface area contributed by atoms with Gasteiger partial charge >= 0.3 is 18.1 Å². The summed E-state index contributed by atoms with van der Waals surface area (Å²) < 4.78 is 1.59. The normalized spacial score (nSPS) is 9.05. The van der Waals surface area contributed by atoms with Gasteiger partial charge in [0.15, 0.2) is 0 Å². The van der Waals surface area contributed by atoms with Crippen LogP contribution >= 0.6 is 0 Å². The molecule has 104 valence electrons. The van der Waals surface area contributed by atoms with E-state index in [1.807, 2.05) is 0 Å². The summed E-state index contributed by atoms with van der Waals surface area (Å²) in [6, 6.07) is 0. The van der Waals surface area contributed by atoms with Crippen LogP contribution in [0.5, 0.6) is 0 Å². The summed E-state index contributed by atoms with van der Waals surface area (Å²) in [4.78, 5) is 30.5. The number of hydrogen-bond donors (Lipinski definition) is 1. The van der Waals surface area contributed by atoms with E-state index in [1.165, 1.54) is 6.33 Å². The molecule has 0 unspecified atom stereocenters. The van der Waals surface area contributed by atoms with E-state index in [2.05, 4.69) is 30.1 Å². The van der Waals surface area contributed by atoms with Crippen molar-refractivity contribution in [1.29, 1.82) is 0 Å². The van der Waals surface area contributed by atoms with E-state index in [4.69, 9.17) is 5.53 Å². The highest BCUT2D eigenvalue weighted by Crippen LogP contribution is 2.18. The molecule has 0 radical (unpaired) electrons. The van der Waals surface area contributed by atoms with Crippen LogP contribution in [0.3, 0.4) is 0 Å². The minimum Gasteiger partial charge on any atom is -0.459 e. The highest BCUT2D eigenvalue weighted by molar-refractivity contribution is 5.38. The summed E-state index contributed by atoms with van der Waals surface area (Å²) >= 11 is 0. The van der Waals surface area contributed by atoms with E-state index < -0.39 is 21.5 Å². The van der Waals surface area contributed by atoms with Gasteiger partial charge in [0, 0.05) is 10.0 Å². The molecule has 0 aromatic carbocycles. The Morgan fingerprint density at radius 1 is 1.45 bits per heavy atom. The van der Waals surface area contributed by atoms with Crippen molar-refractivity contribution in [3.63, 3.8) is 0 Å². The SMILES string of the molecule is C[n+]1cnc(N=[N+]=[N-])[nH]1.O=[N+]([O-])c1nc[n-]c1[N+](=O)[O-]. The zero-order chi connectivity index (χ0) is 15.1. The third kappa shape index (κ3) is 3.74. The maximum Gasteiger partial charge on any atom is 0.339 e. The van der Waals surface area contributed by atoms with Crippen LogP contribution in [-0.2, 0) is 7.05 Å². The van der Waals surface area contributed by atoms with Crippen molar-refractivity contribution in [3.8, 4) is 0 Å². The number of nitro groups is 2. The maximum absolute atomic E-state index is 9.99. The molecule has 0 aliphatic carbocycles. The fourth-order valence-electron chi connectivity index (χ4n) is 0.959. The molecule has 2 rings (SSSR count). The van der Waals surface area contributed by atoms with Gasteiger partial charge in [-0.3, -0.25) is 0 Å². The average Bonchev–Trinajstić information content (AvgIpc) is 2.99. The number of aryl methyl sites for hydroxylation is 1. The van der Waals surface area contributed by atoms with Crippen LogP contribution in [0.1, 0.15) is 0 Å². The van der Waals surface area contributed by atoms with Crippen LogP contribution in [-0.4, -0.2) is 24.9 Å². The van der Waals surface area contributed by atoms with Gasteiger partial charge in [-0.25, -0.2) is 4.98 Å². The number of imidazole rings is 1. The molecule has 0 fully saturated rings. The van der Waals surface area contributed by atoms with Gasteiger partial charge in [-0.2, -0.15) is 19.7 Å². The predicted octanol–water partition coefficient (Wildman–Crippen LogP) is 0.0312. The first-order chi connectivity index (χ1) is 9.45. The van der Waals surface area contributed by atoms with Crippen molar-refractivity contribution in [2.45, 2.75) is 0 Å². The monoisotopic (exact) mass is 282 g/mol. The van der Waals surface area contributed by atoms with Crippen LogP contribution in [0.25, 0.3) is 10.4 Å². The van der Waals surface area contributed by atoms with E-state index in [-0.39, 0.29) is 5.95 Å². The number of rotatable bonds is 3. The Bertz CT molecular complexity index is 638. The van der Waals surface area contributed by atoms with Crippen molar-refractivity contribution in [2.24, 2.45) is 12.2 Å². The Hall–Kier alpha value is -3.54. The summed E-state index contributed by atoms with van der Waals surface area (Å²) in [5, 5.41) is 25.9. The van der Waals surface area contributed by atoms with Crippen molar-refractivity contribution >= 4 is 17.6 Å². The predicted molar refractivity (Wildman–Crippen MR) is 59.4 cm³/mol. The van der Waals surface area contributed by atoms with E-state index in [0.717, 1.165) is 6.33 Å². The van der Waals surface area contributed by atoms with Crippen LogP contribution in [0.4, 0.5) is 17.6 Å². The quantitative estimate of drug-likeness (QED) is 0.204. The van der Waals surface area contributed by atoms with Crippen molar-refractivity contribution in [3.05, 3.63) is 43.3 Å². The Morgan fingerprint density at radius 2 is 2.15 bits per heavy atom. The number of aromatic nitrogens is 5. The Kier molecular flexibility index (Phi) is 4.65. The van der Waals surface area contributed by atoms with E-state index in [0.29, 0.717) is 0 Å². The molecule has 0 spiro atoms. The summed E-state index contributed by atoms with van der Waals surface area (Å²) in [6.07, 6.45) is 2.29. The lowest BCUT2D eigenvalue weighted by molar-refractivity contribution is -0.727. The van der Waals surface area contributed by atoms with Crippen LogP contribution in [0.2, 0.25) is 0 Å². The third-order valence-electron chi connectivity index (χ3n) is 1.67. The number of nitrogens with zero attached hydrogens (tertiary/aromatic N) is 9. The van der Waals surface area contributed by atoms with Crippen LogP contribution < -0.4 is 9.67 Å². The van der Waals surface area contributed by atoms with Gasteiger partial charge in [-0.15, -0.1) is 0 Å². The molecule has 0 aliphatic rings. The summed E-state index contributed by atoms with van der Waals surface area (Å²) in [5.74, 6) is -1.37. The van der Waals surface area contributed by atoms with Gasteiger partial charge in [0.05, 0.1) is 0 Å². The second kappa shape index (κ2) is 6.41. The maximum atomic E-state index is 9.99. The number of azide groups is 1. The topological polar surface area (TPSA) is 195 Å². The first-order valence-corrected chi connectivity index (χ1v) is 4.68. The molecule has 2 aromatic heterocycles. The Labute approximate surface area is 109 Å². The second-order valence-electron chi connectivity index (χ2n) is 3.02. The molecule has 2 heterocycles. The molecule has 0 atom stereocenters. The van der Waals surface area contributed by atoms with Gasteiger partial charge in [-0.05, 0) is 15.4 Å². The summed E-state index contributed by atoms with van der Waals surface area (Å²) in [7, 11) is 1.75. The summed E-state index contributed by atoms with van der Waals surface area (Å²) in [6.45, 7) is 0. The lowest BCUT2D eigenvalue weighted by atomic mass is 10.7. The first-order valence-electron chi connectivity index (χ1n) is 4.68. The molecule has 20 heavy (non-hydrogen) atoms. The molecule has 0 amide bonds. The molecule has 2 aromatic rings. The molecule has 0 saturated heterocycles. The zero-order valence-corrected chi connectivity index (χ0v) is 9.81. The van der Waals surface area contributed by atoms with Gasteiger partial charge < -0.3 is 20.2 Å². The lowest BCUT2D eigenvalue weighted by Crippen LogP contribution is -2.28. The second-order valence-corrected chi connectivity index (χ2v) is 3.02. The molecule has 14 nitrogen and oxygen atoms in total. The van der Waals surface area contributed by atoms with Crippen molar-refractivity contribution in [2.75, 3.05) is 0 Å². The number of nitrogens with one attached hydrogen (secondary N) is 1. The standard InChI is InChI=1S/C3H4N6.C3HN4O4/c1-9-2-5-3(7-9)6-8-4;8-6(9)2-3(7(10)11)5-1-4-2/h2H,1H3;1H/q;-1/p+1. The molecule has 0 bridgehead atoms. The zero-order valence-electron chi connectivity index (χ0n) is 9.81. The fraction of sp³-hybridized carbons (Fsp3) is 0.167.